The second-order valence-corrected chi connectivity index (χ2v) is 9.12. The Balaban J connectivity index is 1.35. The van der Waals surface area contributed by atoms with Crippen molar-refractivity contribution in [1.82, 2.24) is 20.4 Å². The fourth-order valence-electron chi connectivity index (χ4n) is 4.28. The Bertz CT molecular complexity index is 1080. The highest BCUT2D eigenvalue weighted by Crippen LogP contribution is 2.23. The Morgan fingerprint density at radius 2 is 2.03 bits per heavy atom. The molecule has 1 aliphatic heterocycles. The number of benzene rings is 2. The zero-order valence-electron chi connectivity index (χ0n) is 18.8. The summed E-state index contributed by atoms with van der Waals surface area (Å²) in [7, 11) is 0. The van der Waals surface area contributed by atoms with Crippen LogP contribution in [0.25, 0.3) is 11.4 Å². The number of amides is 1. The molecule has 2 unspecified atom stereocenters. The number of hydrogen-bond donors (Lipinski definition) is 1. The van der Waals surface area contributed by atoms with Gasteiger partial charge in [0.05, 0.1) is 18.5 Å². The molecule has 0 radical (unpaired) electrons. The van der Waals surface area contributed by atoms with Gasteiger partial charge in [-0.1, -0.05) is 40.5 Å². The highest BCUT2D eigenvalue weighted by molar-refractivity contribution is 6.30. The van der Waals surface area contributed by atoms with E-state index >= 15 is 0 Å². The minimum atomic E-state index is -0.0463. The molecule has 2 aromatic carbocycles. The number of halogens is 1. The van der Waals surface area contributed by atoms with Crippen LogP contribution < -0.4 is 5.32 Å². The first-order valence-corrected chi connectivity index (χ1v) is 11.5. The lowest BCUT2D eigenvalue weighted by Crippen LogP contribution is -2.43. The van der Waals surface area contributed by atoms with Gasteiger partial charge in [-0.25, -0.2) is 0 Å². The van der Waals surface area contributed by atoms with E-state index in [0.717, 1.165) is 24.9 Å². The lowest BCUT2D eigenvalue weighted by atomic mass is 9.95. The third-order valence-electron chi connectivity index (χ3n) is 6.07. The van der Waals surface area contributed by atoms with E-state index in [0.29, 0.717) is 29.8 Å². The van der Waals surface area contributed by atoms with Crippen LogP contribution in [0.1, 0.15) is 48.4 Å². The van der Waals surface area contributed by atoms with Gasteiger partial charge in [-0.05, 0) is 75.5 Å². The van der Waals surface area contributed by atoms with Gasteiger partial charge in [0, 0.05) is 17.1 Å². The van der Waals surface area contributed by atoms with Gasteiger partial charge in [-0.15, -0.1) is 0 Å². The van der Waals surface area contributed by atoms with Crippen LogP contribution in [0.2, 0.25) is 5.02 Å². The number of rotatable bonds is 6. The normalized spacial score (nSPS) is 17.8. The Morgan fingerprint density at radius 3 is 2.81 bits per heavy atom. The average Bonchev–Trinajstić information content (AvgIpc) is 3.24. The van der Waals surface area contributed by atoms with Crippen molar-refractivity contribution in [3.8, 4) is 11.4 Å². The van der Waals surface area contributed by atoms with Gasteiger partial charge in [0.25, 0.3) is 0 Å². The van der Waals surface area contributed by atoms with Crippen molar-refractivity contribution >= 4 is 17.5 Å². The summed E-state index contributed by atoms with van der Waals surface area (Å²) in [4.78, 5) is 19.7. The number of hydrogen-bond acceptors (Lipinski definition) is 5. The predicted octanol–water partition coefficient (Wildman–Crippen LogP) is 5.10. The standard InChI is InChI=1S/C25H29ClN4O2/c1-16-6-7-17(2)22(13-16)18(3)27-25(31)20-5-4-12-30(14-20)15-23-28-24(29-32-23)19-8-10-21(26)11-9-19/h6-11,13,18,20H,4-5,12,14-15H2,1-3H3,(H,27,31). The van der Waals surface area contributed by atoms with Gasteiger partial charge in [-0.2, -0.15) is 4.98 Å². The molecule has 1 N–H and O–H groups in total. The number of nitrogens with one attached hydrogen (secondary N) is 1. The minimum absolute atomic E-state index is 0.0179. The van der Waals surface area contributed by atoms with Crippen molar-refractivity contribution in [3.63, 3.8) is 0 Å². The summed E-state index contributed by atoms with van der Waals surface area (Å²) in [6, 6.07) is 13.7. The number of carbonyl (C=O) groups excluding carboxylic acids is 1. The summed E-state index contributed by atoms with van der Waals surface area (Å²) >= 11 is 5.95. The smallest absolute Gasteiger partial charge is 0.241 e. The number of piperidine rings is 1. The first-order valence-electron chi connectivity index (χ1n) is 11.1. The zero-order chi connectivity index (χ0) is 22.7. The largest absolute Gasteiger partial charge is 0.349 e. The van der Waals surface area contributed by atoms with Crippen LogP contribution in [0.3, 0.4) is 0 Å². The maximum atomic E-state index is 13.0. The summed E-state index contributed by atoms with van der Waals surface area (Å²) in [6.07, 6.45) is 1.86. The van der Waals surface area contributed by atoms with Gasteiger partial charge < -0.3 is 9.84 Å². The first-order chi connectivity index (χ1) is 15.4. The summed E-state index contributed by atoms with van der Waals surface area (Å²) in [5, 5.41) is 7.98. The summed E-state index contributed by atoms with van der Waals surface area (Å²) in [5.74, 6) is 1.16. The summed E-state index contributed by atoms with van der Waals surface area (Å²) in [5.41, 5.74) is 4.43. The molecule has 4 rings (SSSR count). The van der Waals surface area contributed by atoms with E-state index in [9.17, 15) is 4.79 Å². The van der Waals surface area contributed by atoms with Gasteiger partial charge in [0.15, 0.2) is 0 Å². The number of carbonyl (C=O) groups is 1. The van der Waals surface area contributed by atoms with E-state index in [4.69, 9.17) is 16.1 Å². The fourth-order valence-corrected chi connectivity index (χ4v) is 4.40. The lowest BCUT2D eigenvalue weighted by molar-refractivity contribution is -0.127. The average molecular weight is 453 g/mol. The maximum absolute atomic E-state index is 13.0. The monoisotopic (exact) mass is 452 g/mol. The lowest BCUT2D eigenvalue weighted by Gasteiger charge is -2.31. The molecule has 3 aromatic rings. The molecular formula is C25H29ClN4O2. The van der Waals surface area contributed by atoms with E-state index in [1.165, 1.54) is 16.7 Å². The number of aromatic nitrogens is 2. The summed E-state index contributed by atoms with van der Waals surface area (Å²) < 4.78 is 5.46. The first kappa shape index (κ1) is 22.5. The molecule has 0 aliphatic carbocycles. The van der Waals surface area contributed by atoms with Gasteiger partial charge >= 0.3 is 0 Å². The van der Waals surface area contributed by atoms with Crippen LogP contribution >= 0.6 is 11.6 Å². The SMILES string of the molecule is Cc1ccc(C)c(C(C)NC(=O)C2CCCN(Cc3nc(-c4ccc(Cl)cc4)no3)C2)c1. The van der Waals surface area contributed by atoms with E-state index in [1.807, 2.05) is 12.1 Å². The third-order valence-corrected chi connectivity index (χ3v) is 6.32. The van der Waals surface area contributed by atoms with Crippen LogP contribution in [0, 0.1) is 19.8 Å². The molecule has 168 valence electrons. The molecule has 1 fully saturated rings. The van der Waals surface area contributed by atoms with Gasteiger partial charge in [0.2, 0.25) is 17.6 Å². The van der Waals surface area contributed by atoms with Crippen LogP contribution in [0.15, 0.2) is 47.0 Å². The molecule has 32 heavy (non-hydrogen) atoms. The van der Waals surface area contributed by atoms with Gasteiger partial charge in [0.1, 0.15) is 0 Å². The molecule has 1 aliphatic rings. The molecular weight excluding hydrogens is 424 g/mol. The topological polar surface area (TPSA) is 71.3 Å². The molecule has 1 aromatic heterocycles. The quantitative estimate of drug-likeness (QED) is 0.563. The van der Waals surface area contributed by atoms with Crippen LogP contribution in [0.5, 0.6) is 0 Å². The zero-order valence-corrected chi connectivity index (χ0v) is 19.5. The summed E-state index contributed by atoms with van der Waals surface area (Å²) in [6.45, 7) is 8.35. The molecule has 6 nitrogen and oxygen atoms in total. The highest BCUT2D eigenvalue weighted by Gasteiger charge is 2.28. The molecule has 2 atom stereocenters. The minimum Gasteiger partial charge on any atom is -0.349 e. The molecule has 1 saturated heterocycles. The van der Waals surface area contributed by atoms with E-state index in [2.05, 4.69) is 59.3 Å². The van der Waals surface area contributed by atoms with Crippen molar-refractivity contribution in [2.75, 3.05) is 13.1 Å². The Hall–Kier alpha value is -2.70. The molecule has 0 bridgehead atoms. The Kier molecular flexibility index (Phi) is 6.92. The van der Waals surface area contributed by atoms with Crippen LogP contribution in [0.4, 0.5) is 0 Å². The second-order valence-electron chi connectivity index (χ2n) is 8.68. The molecule has 2 heterocycles. The fraction of sp³-hybridized carbons (Fsp3) is 0.400. The van der Waals surface area contributed by atoms with Gasteiger partial charge in [-0.3, -0.25) is 9.69 Å². The van der Waals surface area contributed by atoms with Crippen LogP contribution in [-0.4, -0.2) is 34.0 Å². The Labute approximate surface area is 194 Å². The van der Waals surface area contributed by atoms with E-state index < -0.39 is 0 Å². The maximum Gasteiger partial charge on any atom is 0.241 e. The van der Waals surface area contributed by atoms with Crippen molar-refractivity contribution in [1.29, 1.82) is 0 Å². The number of likely N-dealkylation sites (tertiary alicyclic amines) is 1. The molecule has 0 spiro atoms. The third kappa shape index (κ3) is 5.37. The van der Waals surface area contributed by atoms with Crippen molar-refractivity contribution in [2.24, 2.45) is 5.92 Å². The van der Waals surface area contributed by atoms with E-state index in [-0.39, 0.29) is 17.9 Å². The second kappa shape index (κ2) is 9.84. The molecule has 1 amide bonds. The highest BCUT2D eigenvalue weighted by atomic mass is 35.5. The number of nitrogens with zero attached hydrogens (tertiary/aromatic N) is 3. The molecule has 7 heteroatoms. The molecule has 0 saturated carbocycles. The van der Waals surface area contributed by atoms with Crippen molar-refractivity contribution < 1.29 is 9.32 Å². The number of aryl methyl sites for hydroxylation is 2. The van der Waals surface area contributed by atoms with E-state index in [1.54, 1.807) is 12.1 Å². The predicted molar refractivity (Wildman–Crippen MR) is 125 cm³/mol. The Morgan fingerprint density at radius 1 is 1.25 bits per heavy atom. The van der Waals surface area contributed by atoms with Crippen LogP contribution in [-0.2, 0) is 11.3 Å². The van der Waals surface area contributed by atoms with Crippen molar-refractivity contribution in [2.45, 2.75) is 46.2 Å². The van der Waals surface area contributed by atoms with Crippen molar-refractivity contribution in [3.05, 3.63) is 70.1 Å².